The number of hydrogen-bond donors (Lipinski definition) is 0. The summed E-state index contributed by atoms with van der Waals surface area (Å²) in [5.74, 6) is 2.02. The fourth-order valence-electron chi connectivity index (χ4n) is 0.888. The highest BCUT2D eigenvalue weighted by Crippen LogP contribution is 2.08. The first-order chi connectivity index (χ1) is 5.83. The van der Waals surface area contributed by atoms with Crippen molar-refractivity contribution in [2.24, 2.45) is 0 Å². The van der Waals surface area contributed by atoms with Crippen molar-refractivity contribution >= 4 is 28.9 Å². The molecule has 0 N–H and O–H groups in total. The lowest BCUT2D eigenvalue weighted by molar-refractivity contribution is -0.115. The van der Waals surface area contributed by atoms with E-state index in [0.717, 1.165) is 11.3 Å². The summed E-state index contributed by atoms with van der Waals surface area (Å²) in [6, 6.07) is 2.01. The highest BCUT2D eigenvalue weighted by Gasteiger charge is 2.02. The van der Waals surface area contributed by atoms with E-state index < -0.39 is 0 Å². The van der Waals surface area contributed by atoms with Crippen LogP contribution in [0, 0.1) is 0 Å². The van der Waals surface area contributed by atoms with Crippen molar-refractivity contribution in [1.29, 1.82) is 0 Å². The maximum absolute atomic E-state index is 11.3. The van der Waals surface area contributed by atoms with E-state index in [1.807, 2.05) is 16.8 Å². The lowest BCUT2D eigenvalue weighted by atomic mass is 10.2. The monoisotopic (exact) mass is 200 g/mol. The summed E-state index contributed by atoms with van der Waals surface area (Å²) in [7, 11) is 0. The van der Waals surface area contributed by atoms with Gasteiger partial charge in [0, 0.05) is 6.42 Å². The molecule has 0 fully saturated rings. The van der Waals surface area contributed by atoms with Crippen LogP contribution in [0.15, 0.2) is 16.8 Å². The van der Waals surface area contributed by atoms with Gasteiger partial charge in [0.2, 0.25) is 0 Å². The summed E-state index contributed by atoms with van der Waals surface area (Å²) in [5.41, 5.74) is 1.15. The lowest BCUT2D eigenvalue weighted by Gasteiger charge is -1.96. The third kappa shape index (κ3) is 3.41. The second-order valence-corrected chi connectivity index (χ2v) is 4.54. The number of rotatable bonds is 5. The van der Waals surface area contributed by atoms with Gasteiger partial charge in [0.25, 0.3) is 0 Å². The molecule has 0 saturated carbocycles. The Bertz CT molecular complexity index is 229. The highest BCUT2D eigenvalue weighted by atomic mass is 32.2. The van der Waals surface area contributed by atoms with Crippen LogP contribution in [0.4, 0.5) is 0 Å². The van der Waals surface area contributed by atoms with Crippen LogP contribution < -0.4 is 0 Å². The van der Waals surface area contributed by atoms with E-state index in [1.54, 1.807) is 23.1 Å². The van der Waals surface area contributed by atoms with Gasteiger partial charge in [0.05, 0.1) is 5.75 Å². The first kappa shape index (κ1) is 9.81. The summed E-state index contributed by atoms with van der Waals surface area (Å²) in [5, 5.41) is 4.05. The molecule has 0 radical (unpaired) electrons. The van der Waals surface area contributed by atoms with Gasteiger partial charge in [0.1, 0.15) is 5.78 Å². The minimum atomic E-state index is 0.334. The molecular formula is C9H12OS2. The van der Waals surface area contributed by atoms with Crippen LogP contribution in [0.1, 0.15) is 12.5 Å². The first-order valence-electron chi connectivity index (χ1n) is 3.93. The minimum Gasteiger partial charge on any atom is -0.298 e. The standard InChI is InChI=1S/C9H12OS2/c1-2-11-7-9(10)5-8-3-4-12-6-8/h3-4,6H,2,5,7H2,1H3. The van der Waals surface area contributed by atoms with Gasteiger partial charge in [0.15, 0.2) is 0 Å². The maximum atomic E-state index is 11.3. The van der Waals surface area contributed by atoms with Crippen LogP contribution in [-0.2, 0) is 11.2 Å². The van der Waals surface area contributed by atoms with E-state index in [2.05, 4.69) is 6.92 Å². The van der Waals surface area contributed by atoms with Crippen molar-refractivity contribution in [2.75, 3.05) is 11.5 Å². The number of carbonyl (C=O) groups is 1. The average Bonchev–Trinajstić information content (AvgIpc) is 2.53. The molecule has 1 aromatic rings. The summed E-state index contributed by atoms with van der Waals surface area (Å²) < 4.78 is 0. The molecule has 1 heterocycles. The zero-order chi connectivity index (χ0) is 8.81. The molecular weight excluding hydrogens is 188 g/mol. The molecule has 0 amide bonds. The van der Waals surface area contributed by atoms with Gasteiger partial charge in [-0.15, -0.1) is 0 Å². The molecule has 1 rings (SSSR count). The number of thiophene rings is 1. The second-order valence-electron chi connectivity index (χ2n) is 2.48. The first-order valence-corrected chi connectivity index (χ1v) is 6.03. The van der Waals surface area contributed by atoms with Crippen molar-refractivity contribution in [3.8, 4) is 0 Å². The average molecular weight is 200 g/mol. The molecule has 12 heavy (non-hydrogen) atoms. The topological polar surface area (TPSA) is 17.1 Å². The quantitative estimate of drug-likeness (QED) is 0.727. The molecule has 0 bridgehead atoms. The van der Waals surface area contributed by atoms with Gasteiger partial charge < -0.3 is 0 Å². The smallest absolute Gasteiger partial charge is 0.147 e. The Hall–Kier alpha value is -0.280. The van der Waals surface area contributed by atoms with E-state index in [9.17, 15) is 4.79 Å². The van der Waals surface area contributed by atoms with Crippen molar-refractivity contribution < 1.29 is 4.79 Å². The van der Waals surface area contributed by atoms with Gasteiger partial charge in [-0.1, -0.05) is 6.92 Å². The Morgan fingerprint density at radius 2 is 2.50 bits per heavy atom. The molecule has 0 saturated heterocycles. The van der Waals surface area contributed by atoms with E-state index in [1.165, 1.54) is 0 Å². The van der Waals surface area contributed by atoms with Crippen LogP contribution in [0.25, 0.3) is 0 Å². The molecule has 0 aliphatic rings. The largest absolute Gasteiger partial charge is 0.298 e. The zero-order valence-electron chi connectivity index (χ0n) is 7.08. The number of thioether (sulfide) groups is 1. The predicted molar refractivity (Wildman–Crippen MR) is 56.0 cm³/mol. The summed E-state index contributed by atoms with van der Waals surface area (Å²) in [6.45, 7) is 2.07. The van der Waals surface area contributed by atoms with E-state index >= 15 is 0 Å². The van der Waals surface area contributed by atoms with Crippen molar-refractivity contribution in [2.45, 2.75) is 13.3 Å². The molecule has 0 atom stereocenters. The van der Waals surface area contributed by atoms with Gasteiger partial charge in [-0.2, -0.15) is 23.1 Å². The molecule has 0 aliphatic heterocycles. The van der Waals surface area contributed by atoms with Gasteiger partial charge in [-0.05, 0) is 28.1 Å². The zero-order valence-corrected chi connectivity index (χ0v) is 8.71. The normalized spacial score (nSPS) is 10.1. The minimum absolute atomic E-state index is 0.334. The van der Waals surface area contributed by atoms with Crippen molar-refractivity contribution in [3.63, 3.8) is 0 Å². The van der Waals surface area contributed by atoms with Crippen LogP contribution in [0.5, 0.6) is 0 Å². The molecule has 0 unspecified atom stereocenters. The second kappa shape index (κ2) is 5.38. The number of hydrogen-bond acceptors (Lipinski definition) is 3. The van der Waals surface area contributed by atoms with Crippen molar-refractivity contribution in [1.82, 2.24) is 0 Å². The molecule has 1 aromatic heterocycles. The fraction of sp³-hybridized carbons (Fsp3) is 0.444. The molecule has 0 spiro atoms. The van der Waals surface area contributed by atoms with Crippen LogP contribution in [0.3, 0.4) is 0 Å². The highest BCUT2D eigenvalue weighted by molar-refractivity contribution is 7.99. The predicted octanol–water partition coefficient (Wildman–Crippen LogP) is 2.61. The Morgan fingerprint density at radius 1 is 1.67 bits per heavy atom. The maximum Gasteiger partial charge on any atom is 0.147 e. The SMILES string of the molecule is CCSCC(=O)Cc1ccsc1. The Kier molecular flexibility index (Phi) is 4.40. The lowest BCUT2D eigenvalue weighted by Crippen LogP contribution is -2.04. The summed E-state index contributed by atoms with van der Waals surface area (Å²) in [6.07, 6.45) is 0.608. The van der Waals surface area contributed by atoms with Crippen LogP contribution in [0.2, 0.25) is 0 Å². The van der Waals surface area contributed by atoms with Gasteiger partial charge in [-0.25, -0.2) is 0 Å². The molecule has 0 aliphatic carbocycles. The summed E-state index contributed by atoms with van der Waals surface area (Å²) >= 11 is 3.34. The van der Waals surface area contributed by atoms with Crippen molar-refractivity contribution in [3.05, 3.63) is 22.4 Å². The Labute approximate surface area is 81.2 Å². The van der Waals surface area contributed by atoms with E-state index in [4.69, 9.17) is 0 Å². The van der Waals surface area contributed by atoms with Gasteiger partial charge >= 0.3 is 0 Å². The van der Waals surface area contributed by atoms with Crippen LogP contribution >= 0.6 is 23.1 Å². The van der Waals surface area contributed by atoms with Gasteiger partial charge in [-0.3, -0.25) is 4.79 Å². The number of carbonyl (C=O) groups excluding carboxylic acids is 1. The van der Waals surface area contributed by atoms with Crippen LogP contribution in [-0.4, -0.2) is 17.3 Å². The molecule has 0 aromatic carbocycles. The number of ketones is 1. The van der Waals surface area contributed by atoms with E-state index in [-0.39, 0.29) is 0 Å². The molecule has 66 valence electrons. The molecule has 1 nitrogen and oxygen atoms in total. The molecule has 3 heteroatoms. The van der Waals surface area contributed by atoms with E-state index in [0.29, 0.717) is 18.0 Å². The summed E-state index contributed by atoms with van der Waals surface area (Å²) in [4.78, 5) is 11.3. The fourth-order valence-corrected chi connectivity index (χ4v) is 2.09. The Balaban J connectivity index is 2.27. The Morgan fingerprint density at radius 3 is 3.08 bits per heavy atom. The number of Topliss-reactive ketones (excluding diaryl/α,β-unsaturated/α-hetero) is 1. The third-order valence-corrected chi connectivity index (χ3v) is 3.11. The third-order valence-electron chi connectivity index (χ3n) is 1.45.